The summed E-state index contributed by atoms with van der Waals surface area (Å²) >= 11 is 0. The second-order valence-electron chi connectivity index (χ2n) is 5.78. The van der Waals surface area contributed by atoms with Crippen LogP contribution in [0.5, 0.6) is 0 Å². The zero-order valence-electron chi connectivity index (χ0n) is 14.0. The summed E-state index contributed by atoms with van der Waals surface area (Å²) in [6.07, 6.45) is 1.50. The Morgan fingerprint density at radius 1 is 1.12 bits per heavy atom. The maximum atomic E-state index is 12.2. The third kappa shape index (κ3) is 3.19. The molecule has 2 aromatic carbocycles. The molecule has 1 heterocycles. The van der Waals surface area contributed by atoms with E-state index < -0.39 is 22.6 Å². The smallest absolute Gasteiger partial charge is 0.374 e. The molecule has 3 aromatic rings. The number of nitro benzene ring substituents is 1. The van der Waals surface area contributed by atoms with Crippen LogP contribution >= 0.6 is 0 Å². The number of aromatic nitrogens is 1. The molecule has 1 aromatic heterocycles. The molecule has 0 bridgehead atoms. The fourth-order valence-corrected chi connectivity index (χ4v) is 3.10. The second kappa shape index (κ2) is 7.18. The van der Waals surface area contributed by atoms with Gasteiger partial charge in [0.2, 0.25) is 5.78 Å². The largest absolute Gasteiger partial charge is 0.463 e. The number of methoxy groups -OCH3 is 1. The Labute approximate surface area is 148 Å². The normalized spacial score (nSPS) is 11.9. The molecule has 132 valence electrons. The molecule has 0 aliphatic rings. The highest BCUT2D eigenvalue weighted by atomic mass is 16.6. The van der Waals surface area contributed by atoms with Crippen LogP contribution in [-0.2, 0) is 14.3 Å². The molecule has 0 unspecified atom stereocenters. The van der Waals surface area contributed by atoms with E-state index in [4.69, 9.17) is 0 Å². The summed E-state index contributed by atoms with van der Waals surface area (Å²) in [5, 5.41) is 12.3. The first-order chi connectivity index (χ1) is 12.5. The Morgan fingerprint density at radius 2 is 1.81 bits per heavy atom. The highest BCUT2D eigenvalue weighted by molar-refractivity contribution is 6.33. The first-order valence-corrected chi connectivity index (χ1v) is 7.93. The Bertz CT molecular complexity index is 992. The van der Waals surface area contributed by atoms with Crippen molar-refractivity contribution in [3.8, 4) is 0 Å². The molecule has 0 amide bonds. The number of benzene rings is 2. The van der Waals surface area contributed by atoms with Gasteiger partial charge in [0.15, 0.2) is 0 Å². The lowest BCUT2D eigenvalue weighted by molar-refractivity contribution is -0.385. The molecule has 26 heavy (non-hydrogen) atoms. The number of esters is 1. The molecule has 0 radical (unpaired) electrons. The predicted molar refractivity (Wildman–Crippen MR) is 94.9 cm³/mol. The monoisotopic (exact) mass is 352 g/mol. The van der Waals surface area contributed by atoms with Gasteiger partial charge in [-0.05, 0) is 11.6 Å². The molecule has 0 fully saturated rings. The third-order valence-electron chi connectivity index (χ3n) is 4.31. The van der Waals surface area contributed by atoms with E-state index in [0.29, 0.717) is 11.1 Å². The van der Waals surface area contributed by atoms with E-state index in [1.165, 1.54) is 6.07 Å². The summed E-state index contributed by atoms with van der Waals surface area (Å²) in [6.45, 7) is 0. The average molecular weight is 352 g/mol. The van der Waals surface area contributed by atoms with Crippen molar-refractivity contribution in [2.24, 2.45) is 0 Å². The summed E-state index contributed by atoms with van der Waals surface area (Å²) in [6, 6.07) is 13.7. The van der Waals surface area contributed by atoms with Gasteiger partial charge in [-0.15, -0.1) is 0 Å². The number of carbonyl (C=O) groups is 2. The highest BCUT2D eigenvalue weighted by Gasteiger charge is 2.29. The van der Waals surface area contributed by atoms with Gasteiger partial charge in [0.1, 0.15) is 0 Å². The fraction of sp³-hybridized carbons (Fsp3) is 0.158. The second-order valence-corrected chi connectivity index (χ2v) is 5.78. The van der Waals surface area contributed by atoms with Crippen LogP contribution in [0.2, 0.25) is 0 Å². The first-order valence-electron chi connectivity index (χ1n) is 7.93. The molecular formula is C19H16N2O5. The minimum absolute atomic E-state index is 0.0968. The fourth-order valence-electron chi connectivity index (χ4n) is 3.10. The number of para-hydroxylation sites is 2. The van der Waals surface area contributed by atoms with E-state index >= 15 is 0 Å². The number of ether oxygens (including phenoxy) is 1. The van der Waals surface area contributed by atoms with Crippen LogP contribution in [0.3, 0.4) is 0 Å². The van der Waals surface area contributed by atoms with Crippen LogP contribution < -0.4 is 0 Å². The molecule has 7 nitrogen and oxygen atoms in total. The summed E-state index contributed by atoms with van der Waals surface area (Å²) in [5.74, 6) is -2.35. The maximum Gasteiger partial charge on any atom is 0.374 e. The van der Waals surface area contributed by atoms with E-state index in [2.05, 4.69) is 9.72 Å². The minimum atomic E-state index is -0.964. The number of aromatic amines is 1. The molecule has 0 saturated carbocycles. The van der Waals surface area contributed by atoms with Gasteiger partial charge in [0, 0.05) is 41.1 Å². The number of nitrogens with zero attached hydrogens (tertiary/aromatic N) is 1. The number of nitrogens with one attached hydrogen (secondary N) is 1. The lowest BCUT2D eigenvalue weighted by Crippen LogP contribution is -2.19. The van der Waals surface area contributed by atoms with Gasteiger partial charge in [-0.3, -0.25) is 14.9 Å². The number of carbonyl (C=O) groups excluding carboxylic acids is 2. The van der Waals surface area contributed by atoms with E-state index in [9.17, 15) is 19.7 Å². The number of nitro groups is 1. The van der Waals surface area contributed by atoms with Gasteiger partial charge in [-0.25, -0.2) is 4.79 Å². The van der Waals surface area contributed by atoms with Gasteiger partial charge in [0.25, 0.3) is 5.69 Å². The Kier molecular flexibility index (Phi) is 4.79. The van der Waals surface area contributed by atoms with Gasteiger partial charge < -0.3 is 9.72 Å². The van der Waals surface area contributed by atoms with Crippen LogP contribution in [0.25, 0.3) is 10.9 Å². The number of H-pyrrole nitrogens is 1. The molecule has 0 aliphatic carbocycles. The van der Waals surface area contributed by atoms with Crippen LogP contribution in [-0.4, -0.2) is 28.8 Å². The van der Waals surface area contributed by atoms with E-state index in [1.807, 2.05) is 24.3 Å². The standard InChI is InChI=1S/C19H16N2O5/c1-26-19(23)18(22)10-14(13-7-3-5-9-17(13)21(24)25)15-11-20-16-8-4-2-6-12(15)16/h2-9,11,14,20H,10H2,1H3/t14-/m1/s1. The summed E-state index contributed by atoms with van der Waals surface area (Å²) in [7, 11) is 1.13. The number of Topliss-reactive ketones (excluding diaryl/α,β-unsaturated/α-hetero) is 1. The molecule has 1 atom stereocenters. The van der Waals surface area contributed by atoms with E-state index in [0.717, 1.165) is 18.0 Å². The van der Waals surface area contributed by atoms with E-state index in [1.54, 1.807) is 24.4 Å². The number of ketones is 1. The Balaban J connectivity index is 2.16. The van der Waals surface area contributed by atoms with Crippen molar-refractivity contribution in [3.05, 3.63) is 76.0 Å². The van der Waals surface area contributed by atoms with Crippen LogP contribution in [0.1, 0.15) is 23.5 Å². The van der Waals surface area contributed by atoms with Crippen molar-refractivity contribution < 1.29 is 19.2 Å². The van der Waals surface area contributed by atoms with Gasteiger partial charge in [0.05, 0.1) is 12.0 Å². The molecular weight excluding hydrogens is 336 g/mol. The zero-order chi connectivity index (χ0) is 18.7. The van der Waals surface area contributed by atoms with Crippen LogP contribution in [0.4, 0.5) is 5.69 Å². The highest BCUT2D eigenvalue weighted by Crippen LogP contribution is 2.37. The number of rotatable bonds is 6. The van der Waals surface area contributed by atoms with Crippen molar-refractivity contribution >= 4 is 28.3 Å². The molecule has 7 heteroatoms. The van der Waals surface area contributed by atoms with Crippen LogP contribution in [0.15, 0.2) is 54.7 Å². The summed E-state index contributed by atoms with van der Waals surface area (Å²) in [4.78, 5) is 37.9. The van der Waals surface area contributed by atoms with Crippen molar-refractivity contribution in [1.29, 1.82) is 0 Å². The van der Waals surface area contributed by atoms with Crippen molar-refractivity contribution in [1.82, 2.24) is 4.98 Å². The molecule has 1 N–H and O–H groups in total. The Hall–Kier alpha value is -3.48. The summed E-state index contributed by atoms with van der Waals surface area (Å²) in [5.41, 5.74) is 1.84. The molecule has 3 rings (SSSR count). The van der Waals surface area contributed by atoms with E-state index in [-0.39, 0.29) is 12.1 Å². The maximum absolute atomic E-state index is 12.2. The van der Waals surface area contributed by atoms with Gasteiger partial charge in [-0.2, -0.15) is 0 Å². The Morgan fingerprint density at radius 3 is 2.54 bits per heavy atom. The average Bonchev–Trinajstić information content (AvgIpc) is 3.09. The molecule has 0 spiro atoms. The number of fused-ring (bicyclic) bond motifs is 1. The lowest BCUT2D eigenvalue weighted by atomic mass is 9.86. The predicted octanol–water partition coefficient (Wildman–Crippen LogP) is 3.34. The minimum Gasteiger partial charge on any atom is -0.463 e. The summed E-state index contributed by atoms with van der Waals surface area (Å²) < 4.78 is 4.50. The first kappa shape index (κ1) is 17.3. The van der Waals surface area contributed by atoms with Crippen molar-refractivity contribution in [2.45, 2.75) is 12.3 Å². The van der Waals surface area contributed by atoms with Crippen molar-refractivity contribution in [3.63, 3.8) is 0 Å². The SMILES string of the molecule is COC(=O)C(=O)C[C@H](c1ccccc1[N+](=O)[O-])c1c[nH]c2ccccc12. The third-order valence-corrected chi connectivity index (χ3v) is 4.31. The number of hydrogen-bond acceptors (Lipinski definition) is 5. The number of hydrogen-bond donors (Lipinski definition) is 1. The quantitative estimate of drug-likeness (QED) is 0.317. The molecule has 0 aliphatic heterocycles. The van der Waals surface area contributed by atoms with Crippen molar-refractivity contribution in [2.75, 3.05) is 7.11 Å². The van der Waals surface area contributed by atoms with Gasteiger partial charge >= 0.3 is 5.97 Å². The molecule has 0 saturated heterocycles. The lowest BCUT2D eigenvalue weighted by Gasteiger charge is -2.16. The van der Waals surface area contributed by atoms with Gasteiger partial charge in [-0.1, -0.05) is 36.4 Å². The zero-order valence-corrected chi connectivity index (χ0v) is 14.0. The van der Waals surface area contributed by atoms with Crippen LogP contribution in [0, 0.1) is 10.1 Å². The topological polar surface area (TPSA) is 102 Å².